The molecule has 80 valence electrons. The maximum absolute atomic E-state index is 11.1. The minimum absolute atomic E-state index is 0.237. The summed E-state index contributed by atoms with van der Waals surface area (Å²) in [5.41, 5.74) is 6.49. The predicted octanol–water partition coefficient (Wildman–Crippen LogP) is 1.30. The van der Waals surface area contributed by atoms with E-state index < -0.39 is 5.54 Å². The predicted molar refractivity (Wildman–Crippen MR) is 57.3 cm³/mol. The zero-order valence-corrected chi connectivity index (χ0v) is 8.99. The standard InChI is InChI=1S/C12H15NO2/c1-11(2)9-5-3-4-6-10(9)12(13,7-14)8-15-11/h3-7H,8,13H2,1-2H3. The van der Waals surface area contributed by atoms with Gasteiger partial charge in [-0.3, -0.25) is 0 Å². The molecule has 0 spiro atoms. The Morgan fingerprint density at radius 2 is 1.93 bits per heavy atom. The number of carbonyl (C=O) groups excluding carboxylic acids is 1. The van der Waals surface area contributed by atoms with Crippen molar-refractivity contribution in [2.75, 3.05) is 6.61 Å². The van der Waals surface area contributed by atoms with E-state index in [0.717, 1.165) is 17.4 Å². The Morgan fingerprint density at radius 1 is 1.33 bits per heavy atom. The SMILES string of the molecule is CC1(C)OCC(N)(C=O)c2ccccc21. The third kappa shape index (κ3) is 1.48. The van der Waals surface area contributed by atoms with E-state index >= 15 is 0 Å². The van der Waals surface area contributed by atoms with Crippen molar-refractivity contribution in [2.45, 2.75) is 25.0 Å². The second kappa shape index (κ2) is 3.15. The maximum Gasteiger partial charge on any atom is 0.146 e. The summed E-state index contributed by atoms with van der Waals surface area (Å²) in [4.78, 5) is 11.1. The molecule has 1 aliphatic rings. The third-order valence-corrected chi connectivity index (χ3v) is 2.96. The molecule has 0 saturated heterocycles. The van der Waals surface area contributed by atoms with Crippen molar-refractivity contribution < 1.29 is 9.53 Å². The first-order valence-corrected chi connectivity index (χ1v) is 4.99. The van der Waals surface area contributed by atoms with Crippen molar-refractivity contribution in [2.24, 2.45) is 5.73 Å². The van der Waals surface area contributed by atoms with E-state index in [4.69, 9.17) is 10.5 Å². The number of nitrogens with two attached hydrogens (primary N) is 1. The Hall–Kier alpha value is -1.19. The van der Waals surface area contributed by atoms with Crippen LogP contribution in [0.3, 0.4) is 0 Å². The zero-order chi connectivity index (χ0) is 11.1. The summed E-state index contributed by atoms with van der Waals surface area (Å²) in [6, 6.07) is 7.68. The molecule has 1 unspecified atom stereocenters. The molecule has 2 rings (SSSR count). The topological polar surface area (TPSA) is 52.3 Å². The molecule has 3 heteroatoms. The molecular weight excluding hydrogens is 190 g/mol. The lowest BCUT2D eigenvalue weighted by molar-refractivity contribution is -0.121. The molecule has 0 amide bonds. The molecule has 0 aliphatic carbocycles. The number of hydrogen-bond donors (Lipinski definition) is 1. The average Bonchev–Trinajstić information content (AvgIpc) is 2.25. The Labute approximate surface area is 89.2 Å². The van der Waals surface area contributed by atoms with Crippen LogP contribution in [-0.2, 0) is 20.7 Å². The van der Waals surface area contributed by atoms with E-state index in [1.54, 1.807) is 0 Å². The van der Waals surface area contributed by atoms with Crippen LogP contribution in [0.15, 0.2) is 24.3 Å². The molecule has 3 nitrogen and oxygen atoms in total. The van der Waals surface area contributed by atoms with Crippen molar-refractivity contribution in [1.82, 2.24) is 0 Å². The summed E-state index contributed by atoms with van der Waals surface area (Å²) in [6.45, 7) is 4.20. The van der Waals surface area contributed by atoms with Crippen LogP contribution in [0.25, 0.3) is 0 Å². The summed E-state index contributed by atoms with van der Waals surface area (Å²) in [5.74, 6) is 0. The van der Waals surface area contributed by atoms with Crippen LogP contribution in [0.4, 0.5) is 0 Å². The van der Waals surface area contributed by atoms with Crippen LogP contribution in [0, 0.1) is 0 Å². The minimum Gasteiger partial charge on any atom is -0.368 e. The number of fused-ring (bicyclic) bond motifs is 1. The maximum atomic E-state index is 11.1. The molecule has 15 heavy (non-hydrogen) atoms. The molecule has 0 fully saturated rings. The molecule has 0 bridgehead atoms. The van der Waals surface area contributed by atoms with Crippen molar-refractivity contribution in [3.05, 3.63) is 35.4 Å². The Bertz CT molecular complexity index is 400. The molecule has 1 aromatic rings. The molecule has 1 aromatic carbocycles. The van der Waals surface area contributed by atoms with Gasteiger partial charge in [0.25, 0.3) is 0 Å². The van der Waals surface area contributed by atoms with E-state index in [2.05, 4.69) is 0 Å². The van der Waals surface area contributed by atoms with Gasteiger partial charge in [0.2, 0.25) is 0 Å². The fraction of sp³-hybridized carbons (Fsp3) is 0.417. The van der Waals surface area contributed by atoms with Gasteiger partial charge in [-0.05, 0) is 25.0 Å². The van der Waals surface area contributed by atoms with Gasteiger partial charge in [-0.1, -0.05) is 24.3 Å². The highest BCUT2D eigenvalue weighted by molar-refractivity contribution is 5.69. The van der Waals surface area contributed by atoms with Crippen LogP contribution < -0.4 is 5.73 Å². The third-order valence-electron chi connectivity index (χ3n) is 2.96. The van der Waals surface area contributed by atoms with Gasteiger partial charge in [0.05, 0.1) is 12.2 Å². The average molecular weight is 205 g/mol. The highest BCUT2D eigenvalue weighted by atomic mass is 16.5. The van der Waals surface area contributed by atoms with Crippen molar-refractivity contribution >= 4 is 6.29 Å². The molecule has 1 atom stereocenters. The van der Waals surface area contributed by atoms with Crippen LogP contribution in [-0.4, -0.2) is 12.9 Å². The van der Waals surface area contributed by atoms with Crippen molar-refractivity contribution in [1.29, 1.82) is 0 Å². The fourth-order valence-electron chi connectivity index (χ4n) is 1.97. The fourth-order valence-corrected chi connectivity index (χ4v) is 1.97. The molecular formula is C12H15NO2. The molecule has 1 heterocycles. The van der Waals surface area contributed by atoms with Crippen LogP contribution in [0.2, 0.25) is 0 Å². The number of hydrogen-bond acceptors (Lipinski definition) is 3. The Morgan fingerprint density at radius 3 is 2.53 bits per heavy atom. The summed E-state index contributed by atoms with van der Waals surface area (Å²) in [6.07, 6.45) is 0.765. The molecule has 1 aliphatic heterocycles. The normalized spacial score (nSPS) is 28.2. The van der Waals surface area contributed by atoms with Crippen LogP contribution in [0.5, 0.6) is 0 Å². The van der Waals surface area contributed by atoms with Gasteiger partial charge in [0.1, 0.15) is 11.8 Å². The molecule has 2 N–H and O–H groups in total. The monoisotopic (exact) mass is 205 g/mol. The molecule has 0 saturated carbocycles. The number of ether oxygens (including phenoxy) is 1. The first kappa shape index (κ1) is 10.3. The van der Waals surface area contributed by atoms with Crippen LogP contribution in [0.1, 0.15) is 25.0 Å². The smallest absolute Gasteiger partial charge is 0.146 e. The van der Waals surface area contributed by atoms with E-state index in [1.807, 2.05) is 38.1 Å². The number of aldehydes is 1. The number of benzene rings is 1. The second-order valence-electron chi connectivity index (χ2n) is 4.50. The van der Waals surface area contributed by atoms with Gasteiger partial charge in [-0.2, -0.15) is 0 Å². The zero-order valence-electron chi connectivity index (χ0n) is 8.99. The lowest BCUT2D eigenvalue weighted by Crippen LogP contribution is -2.50. The lowest BCUT2D eigenvalue weighted by atomic mass is 9.80. The summed E-state index contributed by atoms with van der Waals surface area (Å²) >= 11 is 0. The van der Waals surface area contributed by atoms with Gasteiger partial charge >= 0.3 is 0 Å². The van der Waals surface area contributed by atoms with E-state index in [9.17, 15) is 4.79 Å². The second-order valence-corrected chi connectivity index (χ2v) is 4.50. The Kier molecular flexibility index (Phi) is 2.17. The van der Waals surface area contributed by atoms with Gasteiger partial charge in [0.15, 0.2) is 0 Å². The summed E-state index contributed by atoms with van der Waals surface area (Å²) in [7, 11) is 0. The summed E-state index contributed by atoms with van der Waals surface area (Å²) < 4.78 is 5.64. The largest absolute Gasteiger partial charge is 0.368 e. The number of carbonyl (C=O) groups is 1. The number of rotatable bonds is 1. The van der Waals surface area contributed by atoms with Crippen LogP contribution >= 0.6 is 0 Å². The summed E-state index contributed by atoms with van der Waals surface area (Å²) in [5, 5.41) is 0. The molecule has 0 radical (unpaired) electrons. The quantitative estimate of drug-likeness (QED) is 0.703. The van der Waals surface area contributed by atoms with Crippen molar-refractivity contribution in [3.63, 3.8) is 0 Å². The van der Waals surface area contributed by atoms with E-state index in [1.165, 1.54) is 0 Å². The van der Waals surface area contributed by atoms with Gasteiger partial charge in [-0.15, -0.1) is 0 Å². The molecule has 0 aromatic heterocycles. The van der Waals surface area contributed by atoms with Crippen molar-refractivity contribution in [3.8, 4) is 0 Å². The minimum atomic E-state index is -0.994. The Balaban J connectivity index is 2.63. The first-order valence-electron chi connectivity index (χ1n) is 4.99. The lowest BCUT2D eigenvalue weighted by Gasteiger charge is -2.40. The highest BCUT2D eigenvalue weighted by Gasteiger charge is 2.40. The van der Waals surface area contributed by atoms with Gasteiger partial charge < -0.3 is 15.3 Å². The highest BCUT2D eigenvalue weighted by Crippen LogP contribution is 2.37. The van der Waals surface area contributed by atoms with Gasteiger partial charge in [0, 0.05) is 0 Å². The van der Waals surface area contributed by atoms with E-state index in [0.29, 0.717) is 0 Å². The van der Waals surface area contributed by atoms with Gasteiger partial charge in [-0.25, -0.2) is 0 Å². The first-order chi connectivity index (χ1) is 6.99. The van der Waals surface area contributed by atoms with E-state index in [-0.39, 0.29) is 12.2 Å².